The molecular weight excluding hydrogens is 192 g/mol. The van der Waals surface area contributed by atoms with E-state index in [2.05, 4.69) is 13.0 Å². The van der Waals surface area contributed by atoms with Gasteiger partial charge in [-0.25, -0.2) is 0 Å². The minimum absolute atomic E-state index is 0.0264. The largest absolute Gasteiger partial charge is 0.396 e. The van der Waals surface area contributed by atoms with Crippen LogP contribution in [0.5, 0.6) is 0 Å². The highest BCUT2D eigenvalue weighted by atomic mass is 16.5. The maximum atomic E-state index is 9.39. The van der Waals surface area contributed by atoms with Gasteiger partial charge in [-0.05, 0) is 25.2 Å². The van der Waals surface area contributed by atoms with Crippen LogP contribution in [0.1, 0.15) is 26.2 Å². The Morgan fingerprint density at radius 3 is 2.53 bits per heavy atom. The summed E-state index contributed by atoms with van der Waals surface area (Å²) >= 11 is 0. The Bertz CT molecular complexity index is 219. The summed E-state index contributed by atoms with van der Waals surface area (Å²) in [5.41, 5.74) is 0.856. The molecule has 1 unspecified atom stereocenters. The van der Waals surface area contributed by atoms with Gasteiger partial charge in [0.15, 0.2) is 0 Å². The predicted molar refractivity (Wildman–Crippen MR) is 59.6 cm³/mol. The van der Waals surface area contributed by atoms with Gasteiger partial charge in [-0.2, -0.15) is 0 Å². The molecule has 0 bridgehead atoms. The van der Waals surface area contributed by atoms with Crippen molar-refractivity contribution in [3.8, 4) is 0 Å². The van der Waals surface area contributed by atoms with Gasteiger partial charge in [-0.1, -0.05) is 18.6 Å². The Kier molecular flexibility index (Phi) is 4.77. The molecule has 0 radical (unpaired) electrons. The third-order valence-electron chi connectivity index (χ3n) is 3.34. The maximum Gasteiger partial charge on any atom is 0.0565 e. The lowest BCUT2D eigenvalue weighted by atomic mass is 9.81. The van der Waals surface area contributed by atoms with Crippen LogP contribution in [0.2, 0.25) is 0 Å². The van der Waals surface area contributed by atoms with Crippen molar-refractivity contribution in [2.45, 2.75) is 26.2 Å². The van der Waals surface area contributed by atoms with E-state index in [-0.39, 0.29) is 13.2 Å². The summed E-state index contributed by atoms with van der Waals surface area (Å²) in [5, 5.41) is 18.8. The molecular formula is C12H22O3. The molecule has 0 aromatic carbocycles. The summed E-state index contributed by atoms with van der Waals surface area (Å²) in [7, 11) is 1.60. The normalized spacial score (nSPS) is 21.9. The first-order valence-corrected chi connectivity index (χ1v) is 5.57. The van der Waals surface area contributed by atoms with Gasteiger partial charge in [0.25, 0.3) is 0 Å². The van der Waals surface area contributed by atoms with E-state index in [9.17, 15) is 10.2 Å². The Balaban J connectivity index is 2.65. The van der Waals surface area contributed by atoms with Crippen molar-refractivity contribution in [1.82, 2.24) is 0 Å². The van der Waals surface area contributed by atoms with Gasteiger partial charge in [-0.3, -0.25) is 0 Å². The highest BCUT2D eigenvalue weighted by molar-refractivity contribution is 5.14. The first kappa shape index (κ1) is 12.7. The summed E-state index contributed by atoms with van der Waals surface area (Å²) < 4.78 is 5.09. The molecule has 0 spiro atoms. The van der Waals surface area contributed by atoms with E-state index in [1.54, 1.807) is 7.11 Å². The molecule has 1 aliphatic rings. The Labute approximate surface area is 91.8 Å². The summed E-state index contributed by atoms with van der Waals surface area (Å²) in [6.45, 7) is 2.55. The number of hydrogen-bond donors (Lipinski definition) is 2. The third kappa shape index (κ3) is 3.03. The first-order valence-electron chi connectivity index (χ1n) is 5.57. The van der Waals surface area contributed by atoms with E-state index in [1.807, 2.05) is 0 Å². The third-order valence-corrected chi connectivity index (χ3v) is 3.34. The van der Waals surface area contributed by atoms with Gasteiger partial charge in [0.05, 0.1) is 19.8 Å². The second-order valence-electron chi connectivity index (χ2n) is 4.68. The molecule has 2 N–H and O–H groups in total. The van der Waals surface area contributed by atoms with Crippen LogP contribution in [0.25, 0.3) is 0 Å². The van der Waals surface area contributed by atoms with Crippen molar-refractivity contribution in [3.63, 3.8) is 0 Å². The van der Waals surface area contributed by atoms with Crippen LogP contribution in [0.4, 0.5) is 0 Å². The van der Waals surface area contributed by atoms with Crippen LogP contribution in [0.15, 0.2) is 11.6 Å². The molecule has 0 aromatic rings. The molecule has 88 valence electrons. The van der Waals surface area contributed by atoms with Crippen molar-refractivity contribution in [1.29, 1.82) is 0 Å². The number of allylic oxidation sites excluding steroid dienone is 2. The van der Waals surface area contributed by atoms with Gasteiger partial charge in [0.1, 0.15) is 0 Å². The van der Waals surface area contributed by atoms with Gasteiger partial charge in [-0.15, -0.1) is 0 Å². The van der Waals surface area contributed by atoms with Crippen molar-refractivity contribution in [3.05, 3.63) is 11.6 Å². The molecule has 0 amide bonds. The van der Waals surface area contributed by atoms with E-state index in [0.717, 1.165) is 12.8 Å². The highest BCUT2D eigenvalue weighted by Gasteiger charge is 2.32. The smallest absolute Gasteiger partial charge is 0.0565 e. The van der Waals surface area contributed by atoms with Crippen LogP contribution in [-0.2, 0) is 4.74 Å². The number of rotatable bonds is 6. The van der Waals surface area contributed by atoms with Crippen LogP contribution in [0.3, 0.4) is 0 Å². The molecule has 1 atom stereocenters. The number of aliphatic hydroxyl groups excluding tert-OH is 2. The molecule has 0 saturated carbocycles. The number of hydrogen-bond acceptors (Lipinski definition) is 3. The fourth-order valence-electron chi connectivity index (χ4n) is 2.20. The molecule has 15 heavy (non-hydrogen) atoms. The highest BCUT2D eigenvalue weighted by Crippen LogP contribution is 2.35. The molecule has 0 fully saturated rings. The second-order valence-corrected chi connectivity index (χ2v) is 4.68. The zero-order valence-corrected chi connectivity index (χ0v) is 9.70. The van der Waals surface area contributed by atoms with Gasteiger partial charge in [0.2, 0.25) is 0 Å². The van der Waals surface area contributed by atoms with Crippen LogP contribution >= 0.6 is 0 Å². The van der Waals surface area contributed by atoms with Crippen LogP contribution in [-0.4, -0.2) is 37.1 Å². The lowest BCUT2D eigenvalue weighted by Crippen LogP contribution is -2.35. The van der Waals surface area contributed by atoms with E-state index in [1.165, 1.54) is 12.0 Å². The lowest BCUT2D eigenvalue weighted by Gasteiger charge is -2.30. The standard InChI is InChI=1S/C12H22O3/c1-10-4-3-5-11(10)6-12(7-13,8-14)9-15-2/h5,10,13-14H,3-4,6-9H2,1-2H3. The SMILES string of the molecule is COCC(CO)(CO)CC1=CCCC1C. The molecule has 0 saturated heterocycles. The second kappa shape index (κ2) is 5.64. The summed E-state index contributed by atoms with van der Waals surface area (Å²) in [4.78, 5) is 0. The minimum atomic E-state index is -0.501. The van der Waals surface area contributed by atoms with E-state index in [4.69, 9.17) is 4.74 Å². The summed E-state index contributed by atoms with van der Waals surface area (Å²) in [6, 6.07) is 0. The zero-order valence-electron chi connectivity index (χ0n) is 9.70. The number of ether oxygens (including phenoxy) is 1. The molecule has 1 aliphatic carbocycles. The maximum absolute atomic E-state index is 9.39. The minimum Gasteiger partial charge on any atom is -0.396 e. The molecule has 0 aromatic heterocycles. The number of methoxy groups -OCH3 is 1. The monoisotopic (exact) mass is 214 g/mol. The first-order chi connectivity index (χ1) is 7.17. The average molecular weight is 214 g/mol. The van der Waals surface area contributed by atoms with Crippen molar-refractivity contribution >= 4 is 0 Å². The fraction of sp³-hybridized carbons (Fsp3) is 0.833. The van der Waals surface area contributed by atoms with Gasteiger partial charge >= 0.3 is 0 Å². The van der Waals surface area contributed by atoms with E-state index >= 15 is 0 Å². The Morgan fingerprint density at radius 2 is 2.13 bits per heavy atom. The molecule has 1 rings (SSSR count). The van der Waals surface area contributed by atoms with Gasteiger partial charge < -0.3 is 14.9 Å². The molecule has 0 heterocycles. The Hall–Kier alpha value is -0.380. The quantitative estimate of drug-likeness (QED) is 0.656. The summed E-state index contributed by atoms with van der Waals surface area (Å²) in [6.07, 6.45) is 5.29. The van der Waals surface area contributed by atoms with E-state index < -0.39 is 5.41 Å². The molecule has 0 aliphatic heterocycles. The van der Waals surface area contributed by atoms with Crippen molar-refractivity contribution in [2.24, 2.45) is 11.3 Å². The Morgan fingerprint density at radius 1 is 1.47 bits per heavy atom. The molecule has 3 nitrogen and oxygen atoms in total. The van der Waals surface area contributed by atoms with Crippen molar-refractivity contribution < 1.29 is 14.9 Å². The van der Waals surface area contributed by atoms with E-state index in [0.29, 0.717) is 12.5 Å². The zero-order chi connectivity index (χ0) is 11.3. The summed E-state index contributed by atoms with van der Waals surface area (Å²) in [5.74, 6) is 0.583. The number of aliphatic hydroxyl groups is 2. The topological polar surface area (TPSA) is 49.7 Å². The molecule has 3 heteroatoms. The average Bonchev–Trinajstić information content (AvgIpc) is 2.63. The predicted octanol–water partition coefficient (Wildman–Crippen LogP) is 1.35. The van der Waals surface area contributed by atoms with Crippen LogP contribution < -0.4 is 0 Å². The van der Waals surface area contributed by atoms with Crippen LogP contribution in [0, 0.1) is 11.3 Å². The lowest BCUT2D eigenvalue weighted by molar-refractivity contribution is -0.0122. The van der Waals surface area contributed by atoms with Crippen molar-refractivity contribution in [2.75, 3.05) is 26.9 Å². The van der Waals surface area contributed by atoms with Gasteiger partial charge in [0, 0.05) is 12.5 Å². The fourth-order valence-corrected chi connectivity index (χ4v) is 2.20.